The summed E-state index contributed by atoms with van der Waals surface area (Å²) in [4.78, 5) is 1.97. The average Bonchev–Trinajstić information content (AvgIpc) is 2.32. The molecule has 0 aromatic heterocycles. The van der Waals surface area contributed by atoms with Gasteiger partial charge in [0.1, 0.15) is 5.82 Å². The third-order valence-corrected chi connectivity index (χ3v) is 2.99. The second kappa shape index (κ2) is 5.27. The van der Waals surface area contributed by atoms with E-state index in [-0.39, 0.29) is 5.82 Å². The van der Waals surface area contributed by atoms with Crippen LogP contribution < -0.4 is 10.6 Å². The molecule has 0 atom stereocenters. The SMILES string of the molecule is CN(Cc1ccc(Cl)cc1)c1ccc(F)cc1N. The molecular formula is C14H14ClFN2. The Labute approximate surface area is 111 Å². The van der Waals surface area contributed by atoms with Gasteiger partial charge in [-0.15, -0.1) is 0 Å². The van der Waals surface area contributed by atoms with Gasteiger partial charge in [0.2, 0.25) is 0 Å². The molecule has 0 saturated carbocycles. The van der Waals surface area contributed by atoms with Crippen molar-refractivity contribution in [1.29, 1.82) is 0 Å². The lowest BCUT2D eigenvalue weighted by Gasteiger charge is -2.21. The van der Waals surface area contributed by atoms with Gasteiger partial charge in [0.15, 0.2) is 0 Å². The van der Waals surface area contributed by atoms with E-state index in [4.69, 9.17) is 17.3 Å². The Hall–Kier alpha value is -1.74. The van der Waals surface area contributed by atoms with Gasteiger partial charge in [-0.3, -0.25) is 0 Å². The number of rotatable bonds is 3. The molecule has 0 amide bonds. The summed E-state index contributed by atoms with van der Waals surface area (Å²) in [5.74, 6) is -0.323. The number of halogens is 2. The zero-order valence-corrected chi connectivity index (χ0v) is 10.8. The van der Waals surface area contributed by atoms with Gasteiger partial charge in [-0.25, -0.2) is 4.39 Å². The van der Waals surface area contributed by atoms with Crippen molar-refractivity contribution < 1.29 is 4.39 Å². The van der Waals surface area contributed by atoms with Crippen LogP contribution in [0.5, 0.6) is 0 Å². The maximum absolute atomic E-state index is 13.0. The van der Waals surface area contributed by atoms with Crippen LogP contribution in [0.3, 0.4) is 0 Å². The van der Waals surface area contributed by atoms with Crippen LogP contribution in [-0.2, 0) is 6.54 Å². The molecule has 0 unspecified atom stereocenters. The summed E-state index contributed by atoms with van der Waals surface area (Å²) in [6, 6.07) is 12.0. The molecule has 0 aliphatic heterocycles. The summed E-state index contributed by atoms with van der Waals surface area (Å²) in [5, 5.41) is 0.711. The normalized spacial score (nSPS) is 10.4. The highest BCUT2D eigenvalue weighted by Crippen LogP contribution is 2.24. The largest absolute Gasteiger partial charge is 0.397 e. The topological polar surface area (TPSA) is 29.3 Å². The summed E-state index contributed by atoms with van der Waals surface area (Å²) in [5.41, 5.74) is 8.16. The van der Waals surface area contributed by atoms with Crippen LogP contribution in [0.1, 0.15) is 5.56 Å². The van der Waals surface area contributed by atoms with Gasteiger partial charge in [0, 0.05) is 18.6 Å². The zero-order valence-electron chi connectivity index (χ0n) is 10.0. The van der Waals surface area contributed by atoms with Gasteiger partial charge in [-0.05, 0) is 35.9 Å². The van der Waals surface area contributed by atoms with E-state index in [0.717, 1.165) is 11.3 Å². The van der Waals surface area contributed by atoms with Gasteiger partial charge in [0.25, 0.3) is 0 Å². The maximum Gasteiger partial charge on any atom is 0.125 e. The molecule has 2 aromatic rings. The molecule has 0 aliphatic rings. The Morgan fingerprint density at radius 1 is 1.17 bits per heavy atom. The van der Waals surface area contributed by atoms with Crippen molar-refractivity contribution in [2.75, 3.05) is 17.7 Å². The van der Waals surface area contributed by atoms with Crippen molar-refractivity contribution in [3.8, 4) is 0 Å². The summed E-state index contributed by atoms with van der Waals surface area (Å²) in [6.07, 6.45) is 0. The molecule has 0 saturated heterocycles. The summed E-state index contributed by atoms with van der Waals surface area (Å²) in [7, 11) is 1.91. The number of hydrogen-bond donors (Lipinski definition) is 1. The quantitative estimate of drug-likeness (QED) is 0.857. The van der Waals surface area contributed by atoms with Gasteiger partial charge in [-0.1, -0.05) is 23.7 Å². The molecule has 2 aromatic carbocycles. The predicted molar refractivity (Wildman–Crippen MR) is 74.4 cm³/mol. The number of nitrogens with zero attached hydrogens (tertiary/aromatic N) is 1. The lowest BCUT2D eigenvalue weighted by atomic mass is 10.2. The number of nitrogen functional groups attached to an aromatic ring is 1. The fourth-order valence-electron chi connectivity index (χ4n) is 1.82. The molecule has 0 aliphatic carbocycles. The van der Waals surface area contributed by atoms with Crippen LogP contribution >= 0.6 is 11.6 Å². The molecule has 2 nitrogen and oxygen atoms in total. The van der Waals surface area contributed by atoms with Gasteiger partial charge in [0.05, 0.1) is 11.4 Å². The zero-order chi connectivity index (χ0) is 13.1. The predicted octanol–water partition coefficient (Wildman–Crippen LogP) is 3.70. The van der Waals surface area contributed by atoms with E-state index < -0.39 is 0 Å². The lowest BCUT2D eigenvalue weighted by molar-refractivity contribution is 0.628. The minimum Gasteiger partial charge on any atom is -0.397 e. The van der Waals surface area contributed by atoms with Gasteiger partial charge >= 0.3 is 0 Å². The van der Waals surface area contributed by atoms with Crippen LogP contribution in [0.4, 0.5) is 15.8 Å². The molecule has 0 bridgehead atoms. The average molecular weight is 265 g/mol. The number of nitrogens with two attached hydrogens (primary N) is 1. The Morgan fingerprint density at radius 2 is 1.83 bits per heavy atom. The standard InChI is InChI=1S/C14H14ClFN2/c1-18(9-10-2-4-11(15)5-3-10)14-7-6-12(16)8-13(14)17/h2-8H,9,17H2,1H3. The van der Waals surface area contributed by atoms with E-state index >= 15 is 0 Å². The van der Waals surface area contributed by atoms with E-state index in [9.17, 15) is 4.39 Å². The highest BCUT2D eigenvalue weighted by atomic mass is 35.5. The van der Waals surface area contributed by atoms with Crippen LogP contribution in [0.25, 0.3) is 0 Å². The molecule has 0 radical (unpaired) electrons. The Morgan fingerprint density at radius 3 is 2.44 bits per heavy atom. The van der Waals surface area contributed by atoms with Crippen molar-refractivity contribution in [3.05, 3.63) is 58.9 Å². The van der Waals surface area contributed by atoms with E-state index in [1.165, 1.54) is 12.1 Å². The van der Waals surface area contributed by atoms with E-state index in [1.807, 2.05) is 36.2 Å². The fraction of sp³-hybridized carbons (Fsp3) is 0.143. The Bertz CT molecular complexity index is 540. The monoisotopic (exact) mass is 264 g/mol. The lowest BCUT2D eigenvalue weighted by Crippen LogP contribution is -2.17. The first-order valence-electron chi connectivity index (χ1n) is 5.57. The first kappa shape index (κ1) is 12.7. The van der Waals surface area contributed by atoms with Crippen molar-refractivity contribution in [2.24, 2.45) is 0 Å². The van der Waals surface area contributed by atoms with E-state index in [0.29, 0.717) is 17.3 Å². The highest BCUT2D eigenvalue weighted by Gasteiger charge is 2.07. The molecule has 18 heavy (non-hydrogen) atoms. The molecule has 2 N–H and O–H groups in total. The van der Waals surface area contributed by atoms with Crippen LogP contribution in [0, 0.1) is 5.82 Å². The van der Waals surface area contributed by atoms with Crippen LogP contribution in [0.15, 0.2) is 42.5 Å². The maximum atomic E-state index is 13.0. The van der Waals surface area contributed by atoms with Crippen molar-refractivity contribution in [3.63, 3.8) is 0 Å². The van der Waals surface area contributed by atoms with Gasteiger partial charge < -0.3 is 10.6 Å². The van der Waals surface area contributed by atoms with Crippen molar-refractivity contribution >= 4 is 23.0 Å². The molecule has 0 spiro atoms. The molecule has 2 rings (SSSR count). The third kappa shape index (κ3) is 2.93. The number of anilines is 2. The molecule has 94 valence electrons. The second-order valence-electron chi connectivity index (χ2n) is 4.19. The third-order valence-electron chi connectivity index (χ3n) is 2.73. The van der Waals surface area contributed by atoms with E-state index in [1.54, 1.807) is 6.07 Å². The Kier molecular flexibility index (Phi) is 3.72. The van der Waals surface area contributed by atoms with Gasteiger partial charge in [-0.2, -0.15) is 0 Å². The minimum absolute atomic E-state index is 0.323. The van der Waals surface area contributed by atoms with Crippen LogP contribution in [-0.4, -0.2) is 7.05 Å². The van der Waals surface area contributed by atoms with Crippen molar-refractivity contribution in [2.45, 2.75) is 6.54 Å². The van der Waals surface area contributed by atoms with E-state index in [2.05, 4.69) is 0 Å². The minimum atomic E-state index is -0.323. The smallest absolute Gasteiger partial charge is 0.125 e. The summed E-state index contributed by atoms with van der Waals surface area (Å²) < 4.78 is 13.0. The van der Waals surface area contributed by atoms with Crippen LogP contribution in [0.2, 0.25) is 5.02 Å². The molecule has 0 heterocycles. The second-order valence-corrected chi connectivity index (χ2v) is 4.62. The van der Waals surface area contributed by atoms with Crippen molar-refractivity contribution in [1.82, 2.24) is 0 Å². The first-order chi connectivity index (χ1) is 8.56. The molecule has 4 heteroatoms. The molecule has 0 fully saturated rings. The summed E-state index contributed by atoms with van der Waals surface area (Å²) in [6.45, 7) is 0.688. The Balaban J connectivity index is 2.16. The first-order valence-corrected chi connectivity index (χ1v) is 5.94. The highest BCUT2D eigenvalue weighted by molar-refractivity contribution is 6.30. The summed E-state index contributed by atoms with van der Waals surface area (Å²) >= 11 is 5.83. The molecular weight excluding hydrogens is 251 g/mol. The number of benzene rings is 2. The number of hydrogen-bond acceptors (Lipinski definition) is 2. The fourth-order valence-corrected chi connectivity index (χ4v) is 1.95.